The molecule has 5 nitrogen and oxygen atoms in total. The fourth-order valence-electron chi connectivity index (χ4n) is 1.70. The van der Waals surface area contributed by atoms with Gasteiger partial charge in [0.25, 0.3) is 0 Å². The number of ether oxygens (including phenoxy) is 3. The first-order chi connectivity index (χ1) is 10.2. The largest absolute Gasteiger partial charge is 0.459 e. The molecule has 1 atom stereocenters. The molecule has 1 aliphatic heterocycles. The maximum Gasteiger partial charge on any atom is 0.384 e. The van der Waals surface area contributed by atoms with Gasteiger partial charge in [-0.2, -0.15) is 0 Å². The Hall–Kier alpha value is -1.82. The molecule has 1 fully saturated rings. The Morgan fingerprint density at radius 2 is 2.10 bits per heavy atom. The van der Waals surface area contributed by atoms with E-state index in [-0.39, 0.29) is 18.7 Å². The zero-order valence-electron chi connectivity index (χ0n) is 12.3. The Kier molecular flexibility index (Phi) is 8.95. The Morgan fingerprint density at radius 1 is 1.24 bits per heavy atom. The summed E-state index contributed by atoms with van der Waals surface area (Å²) in [6, 6.07) is 0. The van der Waals surface area contributed by atoms with E-state index in [1.165, 1.54) is 7.11 Å². The van der Waals surface area contributed by atoms with Gasteiger partial charge in [-0.15, -0.1) is 0 Å². The number of unbranched alkanes of at least 4 members (excludes halogenated alkanes) is 1. The number of carbonyl (C=O) groups excluding carboxylic acids is 2. The molecule has 1 unspecified atom stereocenters. The number of Topliss-reactive ketones (excluding diaryl/α,β-unsaturated/α-hetero) is 1. The lowest BCUT2D eigenvalue weighted by Gasteiger charge is -2.21. The molecule has 1 heterocycles. The van der Waals surface area contributed by atoms with Gasteiger partial charge in [0, 0.05) is 25.4 Å². The van der Waals surface area contributed by atoms with Gasteiger partial charge in [0.2, 0.25) is 5.78 Å². The zero-order valence-corrected chi connectivity index (χ0v) is 12.3. The van der Waals surface area contributed by atoms with Crippen molar-refractivity contribution in [3.8, 4) is 23.7 Å². The fraction of sp³-hybridized carbons (Fsp3) is 0.625. The summed E-state index contributed by atoms with van der Waals surface area (Å²) in [5, 5.41) is 0. The van der Waals surface area contributed by atoms with Gasteiger partial charge in [0.15, 0.2) is 6.29 Å². The van der Waals surface area contributed by atoms with Crippen LogP contribution in [0.4, 0.5) is 0 Å². The number of hydrogen-bond donors (Lipinski definition) is 0. The van der Waals surface area contributed by atoms with Crippen LogP contribution in [0.5, 0.6) is 0 Å². The highest BCUT2D eigenvalue weighted by Gasteiger charge is 2.12. The summed E-state index contributed by atoms with van der Waals surface area (Å²) in [6.07, 6.45) is 4.24. The number of ketones is 1. The predicted molar refractivity (Wildman–Crippen MR) is 76.0 cm³/mol. The van der Waals surface area contributed by atoms with Crippen molar-refractivity contribution in [2.45, 2.75) is 44.8 Å². The van der Waals surface area contributed by atoms with Gasteiger partial charge in [-0.25, -0.2) is 4.79 Å². The van der Waals surface area contributed by atoms with Crippen LogP contribution in [0.2, 0.25) is 0 Å². The smallest absolute Gasteiger partial charge is 0.384 e. The first-order valence-electron chi connectivity index (χ1n) is 7.04. The van der Waals surface area contributed by atoms with Crippen LogP contribution in [-0.4, -0.2) is 38.4 Å². The summed E-state index contributed by atoms with van der Waals surface area (Å²) in [7, 11) is 1.27. The first kappa shape index (κ1) is 17.2. The Bertz CT molecular complexity index is 455. The first-order valence-corrected chi connectivity index (χ1v) is 7.04. The van der Waals surface area contributed by atoms with E-state index >= 15 is 0 Å². The van der Waals surface area contributed by atoms with E-state index in [9.17, 15) is 9.59 Å². The van der Waals surface area contributed by atoms with Gasteiger partial charge in [0.05, 0.1) is 7.11 Å². The highest BCUT2D eigenvalue weighted by molar-refractivity contribution is 5.95. The molecule has 1 aliphatic rings. The quantitative estimate of drug-likeness (QED) is 0.252. The molecule has 0 aromatic rings. The number of carbonyl (C=O) groups is 2. The van der Waals surface area contributed by atoms with Crippen LogP contribution in [0.25, 0.3) is 0 Å². The second-order valence-corrected chi connectivity index (χ2v) is 4.48. The minimum absolute atomic E-state index is 0.150. The zero-order chi connectivity index (χ0) is 15.3. The van der Waals surface area contributed by atoms with Gasteiger partial charge < -0.3 is 14.2 Å². The minimum atomic E-state index is -0.566. The van der Waals surface area contributed by atoms with Crippen molar-refractivity contribution in [2.24, 2.45) is 0 Å². The van der Waals surface area contributed by atoms with E-state index in [0.717, 1.165) is 25.9 Å². The van der Waals surface area contributed by atoms with E-state index < -0.39 is 5.97 Å². The molecule has 0 spiro atoms. The summed E-state index contributed by atoms with van der Waals surface area (Å²) >= 11 is 0. The Morgan fingerprint density at radius 3 is 2.81 bits per heavy atom. The van der Waals surface area contributed by atoms with Crippen molar-refractivity contribution >= 4 is 11.8 Å². The third-order valence-corrected chi connectivity index (χ3v) is 2.79. The van der Waals surface area contributed by atoms with Crippen LogP contribution < -0.4 is 0 Å². The van der Waals surface area contributed by atoms with Crippen molar-refractivity contribution in [3.63, 3.8) is 0 Å². The molecule has 0 saturated carbocycles. The molecule has 0 radical (unpaired) electrons. The number of esters is 1. The van der Waals surface area contributed by atoms with Crippen molar-refractivity contribution in [1.29, 1.82) is 0 Å². The molecule has 1 saturated heterocycles. The fourth-order valence-corrected chi connectivity index (χ4v) is 1.70. The second-order valence-electron chi connectivity index (χ2n) is 4.48. The monoisotopic (exact) mass is 292 g/mol. The molecule has 0 aromatic heterocycles. The minimum Gasteiger partial charge on any atom is -0.459 e. The topological polar surface area (TPSA) is 61.8 Å². The van der Waals surface area contributed by atoms with Gasteiger partial charge in [-0.1, -0.05) is 11.8 Å². The lowest BCUT2D eigenvalue weighted by atomic mass is 10.2. The van der Waals surface area contributed by atoms with Gasteiger partial charge in [-0.3, -0.25) is 4.79 Å². The summed E-state index contributed by atoms with van der Waals surface area (Å²) < 4.78 is 15.1. The molecule has 0 N–H and O–H groups in total. The maximum atomic E-state index is 11.4. The van der Waals surface area contributed by atoms with Crippen LogP contribution in [0.15, 0.2) is 0 Å². The summed E-state index contributed by atoms with van der Waals surface area (Å²) in [5.74, 6) is 9.43. The normalized spacial score (nSPS) is 16.9. The molecule has 5 heteroatoms. The summed E-state index contributed by atoms with van der Waals surface area (Å²) in [6.45, 7) is 0.933. The highest BCUT2D eigenvalue weighted by Crippen LogP contribution is 2.12. The van der Waals surface area contributed by atoms with Crippen LogP contribution in [0, 0.1) is 23.7 Å². The average molecular weight is 292 g/mol. The molecular formula is C16H20O5. The van der Waals surface area contributed by atoms with Crippen molar-refractivity contribution in [3.05, 3.63) is 0 Å². The SMILES string of the molecule is COC(=O)C#CCCCC(=O)C#CCOC1CCCCO1. The molecule has 21 heavy (non-hydrogen) atoms. The molecular weight excluding hydrogens is 272 g/mol. The third-order valence-electron chi connectivity index (χ3n) is 2.79. The number of rotatable bonds is 5. The molecule has 0 aromatic carbocycles. The van der Waals surface area contributed by atoms with E-state index in [2.05, 4.69) is 28.4 Å². The summed E-state index contributed by atoms with van der Waals surface area (Å²) in [4.78, 5) is 22.2. The van der Waals surface area contributed by atoms with Gasteiger partial charge in [0.1, 0.15) is 6.61 Å². The van der Waals surface area contributed by atoms with E-state index in [1.807, 2.05) is 0 Å². The highest BCUT2D eigenvalue weighted by atomic mass is 16.7. The number of hydrogen-bond acceptors (Lipinski definition) is 5. The van der Waals surface area contributed by atoms with Gasteiger partial charge >= 0.3 is 5.97 Å². The van der Waals surface area contributed by atoms with E-state index in [0.29, 0.717) is 19.3 Å². The molecule has 0 bridgehead atoms. The van der Waals surface area contributed by atoms with Crippen LogP contribution in [0.3, 0.4) is 0 Å². The standard InChI is InChI=1S/C16H20O5/c1-19-15(18)10-4-2-3-8-14(17)9-7-13-21-16-11-5-6-12-20-16/h16H,2-3,5-6,8,11-13H2,1H3. The Balaban J connectivity index is 2.08. The molecule has 114 valence electrons. The lowest BCUT2D eigenvalue weighted by Crippen LogP contribution is -2.22. The molecule has 0 amide bonds. The third kappa shape index (κ3) is 8.86. The predicted octanol–water partition coefficient (Wildman–Crippen LogP) is 1.45. The van der Waals surface area contributed by atoms with Crippen molar-refractivity contribution in [2.75, 3.05) is 20.3 Å². The van der Waals surface area contributed by atoms with Crippen molar-refractivity contribution < 1.29 is 23.8 Å². The molecule has 1 rings (SSSR count). The second kappa shape index (κ2) is 10.9. The van der Waals surface area contributed by atoms with Gasteiger partial charge in [-0.05, 0) is 31.6 Å². The van der Waals surface area contributed by atoms with E-state index in [1.54, 1.807) is 0 Å². The van der Waals surface area contributed by atoms with E-state index in [4.69, 9.17) is 9.47 Å². The number of methoxy groups -OCH3 is 1. The van der Waals surface area contributed by atoms with Crippen LogP contribution in [0.1, 0.15) is 38.5 Å². The maximum absolute atomic E-state index is 11.4. The Labute approximate surface area is 125 Å². The van der Waals surface area contributed by atoms with Crippen LogP contribution >= 0.6 is 0 Å². The average Bonchev–Trinajstić information content (AvgIpc) is 2.52. The molecule has 0 aliphatic carbocycles. The lowest BCUT2D eigenvalue weighted by molar-refractivity contribution is -0.154. The summed E-state index contributed by atoms with van der Waals surface area (Å²) in [5.41, 5.74) is 0. The van der Waals surface area contributed by atoms with Crippen LogP contribution in [-0.2, 0) is 23.8 Å². The van der Waals surface area contributed by atoms with Crippen molar-refractivity contribution in [1.82, 2.24) is 0 Å².